The quantitative estimate of drug-likeness (QED) is 0.610. The fourth-order valence-electron chi connectivity index (χ4n) is 1.79. The van der Waals surface area contributed by atoms with Gasteiger partial charge in [0.2, 0.25) is 5.91 Å². The number of carbonyl (C=O) groups is 1. The maximum Gasteiger partial charge on any atom is 0.244 e. The van der Waals surface area contributed by atoms with Crippen LogP contribution in [0.25, 0.3) is 0 Å². The van der Waals surface area contributed by atoms with E-state index in [0.29, 0.717) is 6.04 Å². The van der Waals surface area contributed by atoms with Crippen molar-refractivity contribution >= 4 is 5.91 Å². The summed E-state index contributed by atoms with van der Waals surface area (Å²) in [5.74, 6) is 0.100. The zero-order valence-electron chi connectivity index (χ0n) is 7.81. The van der Waals surface area contributed by atoms with E-state index < -0.39 is 0 Å². The van der Waals surface area contributed by atoms with Gasteiger partial charge in [-0.1, -0.05) is 5.57 Å². The van der Waals surface area contributed by atoms with Crippen LogP contribution in [0.1, 0.15) is 25.7 Å². The van der Waals surface area contributed by atoms with Crippen molar-refractivity contribution in [3.05, 3.63) is 11.6 Å². The van der Waals surface area contributed by atoms with Gasteiger partial charge in [-0.3, -0.25) is 4.79 Å². The lowest BCUT2D eigenvalue weighted by Gasteiger charge is -2.27. The van der Waals surface area contributed by atoms with Gasteiger partial charge in [-0.15, -0.1) is 0 Å². The molecule has 0 aromatic carbocycles. The number of allylic oxidation sites excluding steroid dienone is 1. The van der Waals surface area contributed by atoms with E-state index in [1.165, 1.54) is 18.4 Å². The minimum atomic E-state index is 0.100. The van der Waals surface area contributed by atoms with Crippen LogP contribution < -0.4 is 10.6 Å². The van der Waals surface area contributed by atoms with Crippen molar-refractivity contribution in [2.45, 2.75) is 31.7 Å². The monoisotopic (exact) mass is 180 g/mol. The number of nitrogens with one attached hydrogen (secondary N) is 2. The Labute approximate surface area is 78.6 Å². The summed E-state index contributed by atoms with van der Waals surface area (Å²) < 4.78 is 0. The summed E-state index contributed by atoms with van der Waals surface area (Å²) in [6.45, 7) is 1.85. The van der Waals surface area contributed by atoms with Crippen LogP contribution in [0.15, 0.2) is 11.6 Å². The van der Waals surface area contributed by atoms with Gasteiger partial charge in [0, 0.05) is 19.2 Å². The van der Waals surface area contributed by atoms with Crippen molar-refractivity contribution in [3.8, 4) is 0 Å². The fourth-order valence-corrected chi connectivity index (χ4v) is 1.79. The Morgan fingerprint density at radius 3 is 2.62 bits per heavy atom. The topological polar surface area (TPSA) is 41.1 Å². The summed E-state index contributed by atoms with van der Waals surface area (Å²) in [4.78, 5) is 11.4. The maximum absolute atomic E-state index is 11.4. The van der Waals surface area contributed by atoms with Crippen LogP contribution in [-0.2, 0) is 4.79 Å². The first-order valence-corrected chi connectivity index (χ1v) is 5.05. The lowest BCUT2D eigenvalue weighted by Crippen LogP contribution is -2.56. The summed E-state index contributed by atoms with van der Waals surface area (Å²) in [5.41, 5.74) is 1.32. The highest BCUT2D eigenvalue weighted by molar-refractivity contribution is 5.88. The van der Waals surface area contributed by atoms with E-state index in [9.17, 15) is 4.79 Å². The van der Waals surface area contributed by atoms with Gasteiger partial charge in [-0.05, 0) is 25.7 Å². The summed E-state index contributed by atoms with van der Waals surface area (Å²) in [5, 5.41) is 6.09. The van der Waals surface area contributed by atoms with Crippen molar-refractivity contribution in [2.75, 3.05) is 13.1 Å². The Morgan fingerprint density at radius 1 is 1.38 bits per heavy atom. The van der Waals surface area contributed by atoms with Crippen molar-refractivity contribution in [1.82, 2.24) is 10.6 Å². The molecule has 0 aromatic heterocycles. The number of amides is 1. The number of carbonyl (C=O) groups excluding carboxylic acids is 1. The molecular formula is C10H16N2O. The molecule has 1 aliphatic carbocycles. The Kier molecular flexibility index (Phi) is 2.64. The van der Waals surface area contributed by atoms with E-state index in [2.05, 4.69) is 10.6 Å². The second-order valence-electron chi connectivity index (χ2n) is 3.87. The molecule has 0 bridgehead atoms. The molecule has 1 aliphatic heterocycles. The number of hydrogen-bond acceptors (Lipinski definition) is 2. The van der Waals surface area contributed by atoms with Gasteiger partial charge in [-0.2, -0.15) is 0 Å². The first kappa shape index (κ1) is 8.75. The average molecular weight is 180 g/mol. The van der Waals surface area contributed by atoms with Gasteiger partial charge in [-0.25, -0.2) is 0 Å². The predicted octanol–water partition coefficient (Wildman–Crippen LogP) is 0.575. The van der Waals surface area contributed by atoms with Crippen LogP contribution in [-0.4, -0.2) is 25.0 Å². The van der Waals surface area contributed by atoms with Crippen LogP contribution in [0.4, 0.5) is 0 Å². The Bertz CT molecular complexity index is 223. The molecule has 2 rings (SSSR count). The third-order valence-corrected chi connectivity index (χ3v) is 2.71. The molecule has 0 aromatic rings. The summed E-state index contributed by atoms with van der Waals surface area (Å²) in [6.07, 6.45) is 6.55. The molecule has 3 nitrogen and oxygen atoms in total. The molecule has 1 amide bonds. The summed E-state index contributed by atoms with van der Waals surface area (Å²) in [7, 11) is 0. The van der Waals surface area contributed by atoms with Crippen LogP contribution in [0.3, 0.4) is 0 Å². The largest absolute Gasteiger partial charge is 0.347 e. The van der Waals surface area contributed by atoms with Crippen LogP contribution in [0.2, 0.25) is 0 Å². The third kappa shape index (κ3) is 2.31. The number of rotatable bonds is 2. The molecule has 3 heteroatoms. The molecular weight excluding hydrogens is 164 g/mol. The highest BCUT2D eigenvalue weighted by Crippen LogP contribution is 2.23. The van der Waals surface area contributed by atoms with Crippen molar-refractivity contribution in [3.63, 3.8) is 0 Å². The van der Waals surface area contributed by atoms with E-state index in [4.69, 9.17) is 0 Å². The molecule has 2 fully saturated rings. The first-order chi connectivity index (χ1) is 6.34. The SMILES string of the molecule is O=C(C=C1CCCC1)NC1CNC1. The van der Waals surface area contributed by atoms with Gasteiger partial charge in [0.25, 0.3) is 0 Å². The molecule has 0 spiro atoms. The van der Waals surface area contributed by atoms with E-state index in [0.717, 1.165) is 25.9 Å². The molecule has 0 atom stereocenters. The highest BCUT2D eigenvalue weighted by Gasteiger charge is 2.18. The molecule has 0 unspecified atom stereocenters. The van der Waals surface area contributed by atoms with E-state index in [1.807, 2.05) is 0 Å². The minimum Gasteiger partial charge on any atom is -0.347 e. The van der Waals surface area contributed by atoms with Crippen LogP contribution in [0.5, 0.6) is 0 Å². The fraction of sp³-hybridized carbons (Fsp3) is 0.700. The third-order valence-electron chi connectivity index (χ3n) is 2.71. The smallest absolute Gasteiger partial charge is 0.244 e. The zero-order valence-corrected chi connectivity index (χ0v) is 7.81. The number of hydrogen-bond donors (Lipinski definition) is 2. The Hall–Kier alpha value is -0.830. The van der Waals surface area contributed by atoms with Crippen molar-refractivity contribution < 1.29 is 4.79 Å². The summed E-state index contributed by atoms with van der Waals surface area (Å²) in [6, 6.07) is 0.366. The molecule has 13 heavy (non-hydrogen) atoms. The first-order valence-electron chi connectivity index (χ1n) is 5.05. The highest BCUT2D eigenvalue weighted by atomic mass is 16.1. The minimum absolute atomic E-state index is 0.100. The molecule has 1 heterocycles. The Morgan fingerprint density at radius 2 is 2.08 bits per heavy atom. The Balaban J connectivity index is 1.79. The molecule has 0 radical (unpaired) electrons. The molecule has 1 saturated carbocycles. The van der Waals surface area contributed by atoms with Gasteiger partial charge in [0.05, 0.1) is 6.04 Å². The van der Waals surface area contributed by atoms with E-state index in [-0.39, 0.29) is 5.91 Å². The predicted molar refractivity (Wildman–Crippen MR) is 51.4 cm³/mol. The van der Waals surface area contributed by atoms with Gasteiger partial charge < -0.3 is 10.6 Å². The normalized spacial score (nSPS) is 22.6. The van der Waals surface area contributed by atoms with E-state index in [1.54, 1.807) is 6.08 Å². The average Bonchev–Trinajstić information content (AvgIpc) is 2.49. The zero-order chi connectivity index (χ0) is 9.10. The second-order valence-corrected chi connectivity index (χ2v) is 3.87. The molecule has 2 aliphatic rings. The lowest BCUT2D eigenvalue weighted by molar-refractivity contribution is -0.117. The van der Waals surface area contributed by atoms with Crippen molar-refractivity contribution in [1.29, 1.82) is 0 Å². The van der Waals surface area contributed by atoms with Gasteiger partial charge in [0.1, 0.15) is 0 Å². The van der Waals surface area contributed by atoms with E-state index >= 15 is 0 Å². The van der Waals surface area contributed by atoms with Gasteiger partial charge in [0.15, 0.2) is 0 Å². The van der Waals surface area contributed by atoms with Crippen LogP contribution >= 0.6 is 0 Å². The lowest BCUT2D eigenvalue weighted by atomic mass is 10.1. The second kappa shape index (κ2) is 3.92. The van der Waals surface area contributed by atoms with Crippen LogP contribution in [0, 0.1) is 0 Å². The molecule has 1 saturated heterocycles. The van der Waals surface area contributed by atoms with Gasteiger partial charge >= 0.3 is 0 Å². The molecule has 2 N–H and O–H groups in total. The summed E-state index contributed by atoms with van der Waals surface area (Å²) >= 11 is 0. The molecule has 72 valence electrons. The van der Waals surface area contributed by atoms with Crippen molar-refractivity contribution in [2.24, 2.45) is 0 Å². The maximum atomic E-state index is 11.4. The standard InChI is InChI=1S/C10H16N2O/c13-10(12-9-6-11-7-9)5-8-3-1-2-4-8/h5,9,11H,1-4,6-7H2,(H,12,13).